The van der Waals surface area contributed by atoms with Gasteiger partial charge in [0.15, 0.2) is 5.76 Å². The second kappa shape index (κ2) is 5.25. The van der Waals surface area contributed by atoms with Gasteiger partial charge in [-0.05, 0) is 43.5 Å². The Labute approximate surface area is 127 Å². The average molecular weight is 300 g/mol. The van der Waals surface area contributed by atoms with Crippen molar-refractivity contribution in [2.24, 2.45) is 0 Å². The summed E-state index contributed by atoms with van der Waals surface area (Å²) in [4.78, 5) is 12.3. The predicted molar refractivity (Wildman–Crippen MR) is 79.9 cm³/mol. The summed E-state index contributed by atoms with van der Waals surface area (Å²) in [5, 5.41) is 6.50. The van der Waals surface area contributed by atoms with Gasteiger partial charge in [-0.1, -0.05) is 12.1 Å². The van der Waals surface area contributed by atoms with Gasteiger partial charge >= 0.3 is 0 Å². The quantitative estimate of drug-likeness (QED) is 0.916. The van der Waals surface area contributed by atoms with E-state index in [0.717, 1.165) is 12.8 Å². The molecule has 2 aliphatic heterocycles. The highest BCUT2D eigenvalue weighted by atomic mass is 19.1. The number of halogens is 1. The van der Waals surface area contributed by atoms with Gasteiger partial charge < -0.3 is 15.1 Å². The van der Waals surface area contributed by atoms with Crippen LogP contribution in [0.2, 0.25) is 0 Å². The number of nitrogens with one attached hydrogen (secondary N) is 2. The fourth-order valence-corrected chi connectivity index (χ4v) is 3.49. The molecule has 1 amide bonds. The molecule has 0 aliphatic carbocycles. The molecule has 114 valence electrons. The number of benzene rings is 1. The lowest BCUT2D eigenvalue weighted by Gasteiger charge is -2.20. The number of amides is 1. The largest absolute Gasteiger partial charge is 0.451 e. The summed E-state index contributed by atoms with van der Waals surface area (Å²) in [6.07, 6.45) is 3.26. The third kappa shape index (κ3) is 2.31. The molecule has 2 aliphatic rings. The van der Waals surface area contributed by atoms with Crippen LogP contribution in [0.3, 0.4) is 0 Å². The molecule has 0 saturated carbocycles. The lowest BCUT2D eigenvalue weighted by atomic mass is 9.95. The molecule has 0 radical (unpaired) electrons. The smallest absolute Gasteiger partial charge is 0.287 e. The van der Waals surface area contributed by atoms with Crippen LogP contribution in [0.25, 0.3) is 11.3 Å². The Kier molecular flexibility index (Phi) is 3.22. The van der Waals surface area contributed by atoms with Crippen molar-refractivity contribution in [1.82, 2.24) is 10.6 Å². The van der Waals surface area contributed by atoms with Crippen LogP contribution < -0.4 is 10.6 Å². The predicted octanol–water partition coefficient (Wildman–Crippen LogP) is 2.71. The highest BCUT2D eigenvalue weighted by molar-refractivity contribution is 5.92. The van der Waals surface area contributed by atoms with Gasteiger partial charge in [0.2, 0.25) is 0 Å². The van der Waals surface area contributed by atoms with Crippen LogP contribution in [0.1, 0.15) is 29.8 Å². The van der Waals surface area contributed by atoms with Crippen molar-refractivity contribution < 1.29 is 13.6 Å². The molecule has 5 heteroatoms. The van der Waals surface area contributed by atoms with Crippen molar-refractivity contribution in [2.45, 2.75) is 37.4 Å². The topological polar surface area (TPSA) is 54.3 Å². The van der Waals surface area contributed by atoms with Crippen LogP contribution in [-0.2, 0) is 0 Å². The van der Waals surface area contributed by atoms with Gasteiger partial charge in [0, 0.05) is 18.1 Å². The van der Waals surface area contributed by atoms with E-state index in [2.05, 4.69) is 10.6 Å². The van der Waals surface area contributed by atoms with E-state index >= 15 is 0 Å². The summed E-state index contributed by atoms with van der Waals surface area (Å²) in [5.74, 6) is -0.00149. The summed E-state index contributed by atoms with van der Waals surface area (Å²) in [5.41, 5.74) is 0.364. The minimum Gasteiger partial charge on any atom is -0.451 e. The Morgan fingerprint density at radius 2 is 2.09 bits per heavy atom. The molecule has 0 spiro atoms. The molecule has 2 bridgehead atoms. The van der Waals surface area contributed by atoms with Crippen molar-refractivity contribution in [1.29, 1.82) is 0 Å². The first-order valence-corrected chi connectivity index (χ1v) is 7.62. The molecule has 2 unspecified atom stereocenters. The molecule has 3 heterocycles. The number of furan rings is 1. The van der Waals surface area contributed by atoms with Crippen molar-refractivity contribution in [3.63, 3.8) is 0 Å². The van der Waals surface area contributed by atoms with Gasteiger partial charge in [0.05, 0.1) is 5.56 Å². The minimum atomic E-state index is -0.360. The number of hydrogen-bond acceptors (Lipinski definition) is 3. The molecule has 4 rings (SSSR count). The van der Waals surface area contributed by atoms with Gasteiger partial charge in [0.25, 0.3) is 5.91 Å². The Morgan fingerprint density at radius 3 is 2.82 bits per heavy atom. The lowest BCUT2D eigenvalue weighted by molar-refractivity contribution is 0.0903. The Bertz CT molecular complexity index is 712. The zero-order chi connectivity index (χ0) is 15.1. The summed E-state index contributed by atoms with van der Waals surface area (Å²) in [6, 6.07) is 10.7. The van der Waals surface area contributed by atoms with Crippen molar-refractivity contribution >= 4 is 5.91 Å². The van der Waals surface area contributed by atoms with Crippen LogP contribution in [-0.4, -0.2) is 24.0 Å². The Morgan fingerprint density at radius 1 is 1.23 bits per heavy atom. The molecule has 2 aromatic rings. The number of carbonyl (C=O) groups is 1. The zero-order valence-electron chi connectivity index (χ0n) is 12.0. The second-order valence-electron chi connectivity index (χ2n) is 6.01. The standard InChI is InChI=1S/C17H17FN2O2/c18-12-4-2-1-3-11(12)15-7-8-16(22-15)17(21)20-14-9-10-5-6-13(14)19-10/h1-4,7-8,10,13-14,19H,5-6,9H2,(H,20,21)/t10?,13?,14-/m1/s1. The maximum absolute atomic E-state index is 13.7. The monoisotopic (exact) mass is 300 g/mol. The number of carbonyl (C=O) groups excluding carboxylic acids is 1. The molecule has 1 aromatic carbocycles. The van der Waals surface area contributed by atoms with Crippen LogP contribution in [0.15, 0.2) is 40.8 Å². The van der Waals surface area contributed by atoms with E-state index in [1.54, 1.807) is 30.3 Å². The molecule has 3 atom stereocenters. The zero-order valence-corrected chi connectivity index (χ0v) is 12.0. The minimum absolute atomic E-state index is 0.160. The SMILES string of the molecule is O=C(N[C@@H]1CC2CCC1N2)c1ccc(-c2ccccc2F)o1. The van der Waals surface area contributed by atoms with Crippen molar-refractivity contribution in [3.8, 4) is 11.3 Å². The van der Waals surface area contributed by atoms with E-state index in [9.17, 15) is 9.18 Å². The van der Waals surface area contributed by atoms with Crippen LogP contribution in [0, 0.1) is 5.82 Å². The Hall–Kier alpha value is -2.14. The first kappa shape index (κ1) is 13.5. The summed E-state index contributed by atoms with van der Waals surface area (Å²) < 4.78 is 19.3. The van der Waals surface area contributed by atoms with Gasteiger partial charge in [0.1, 0.15) is 11.6 Å². The van der Waals surface area contributed by atoms with E-state index < -0.39 is 0 Å². The lowest BCUT2D eigenvalue weighted by Crippen LogP contribution is -2.42. The third-order valence-electron chi connectivity index (χ3n) is 4.59. The number of rotatable bonds is 3. The average Bonchev–Trinajstić information content (AvgIpc) is 3.24. The molecule has 22 heavy (non-hydrogen) atoms. The van der Waals surface area contributed by atoms with Crippen LogP contribution in [0.4, 0.5) is 4.39 Å². The van der Waals surface area contributed by atoms with Gasteiger partial charge in [-0.15, -0.1) is 0 Å². The third-order valence-corrected chi connectivity index (χ3v) is 4.59. The molecule has 2 fully saturated rings. The van der Waals surface area contributed by atoms with Gasteiger partial charge in [-0.25, -0.2) is 4.39 Å². The van der Waals surface area contributed by atoms with Gasteiger partial charge in [-0.2, -0.15) is 0 Å². The first-order valence-electron chi connectivity index (χ1n) is 7.62. The van der Waals surface area contributed by atoms with Crippen LogP contribution >= 0.6 is 0 Å². The summed E-state index contributed by atoms with van der Waals surface area (Å²) in [6.45, 7) is 0. The van der Waals surface area contributed by atoms with E-state index in [4.69, 9.17) is 4.42 Å². The molecular weight excluding hydrogens is 283 g/mol. The normalized spacial score (nSPS) is 26.3. The summed E-state index contributed by atoms with van der Waals surface area (Å²) in [7, 11) is 0. The van der Waals surface area contributed by atoms with Crippen molar-refractivity contribution in [3.05, 3.63) is 48.0 Å². The van der Waals surface area contributed by atoms with Crippen LogP contribution in [0.5, 0.6) is 0 Å². The fraction of sp³-hybridized carbons (Fsp3) is 0.353. The summed E-state index contributed by atoms with van der Waals surface area (Å²) >= 11 is 0. The molecule has 4 nitrogen and oxygen atoms in total. The first-order chi connectivity index (χ1) is 10.7. The van der Waals surface area contributed by atoms with Crippen molar-refractivity contribution in [2.75, 3.05) is 0 Å². The van der Waals surface area contributed by atoms with E-state index in [1.165, 1.54) is 12.5 Å². The number of fused-ring (bicyclic) bond motifs is 2. The molecule has 1 aromatic heterocycles. The number of hydrogen-bond donors (Lipinski definition) is 2. The molecule has 2 saturated heterocycles. The van der Waals surface area contributed by atoms with E-state index in [0.29, 0.717) is 23.4 Å². The highest BCUT2D eigenvalue weighted by Gasteiger charge is 2.39. The molecule has 2 N–H and O–H groups in total. The second-order valence-corrected chi connectivity index (χ2v) is 6.01. The maximum Gasteiger partial charge on any atom is 0.287 e. The van der Waals surface area contributed by atoms with Gasteiger partial charge in [-0.3, -0.25) is 4.79 Å². The Balaban J connectivity index is 1.49. The maximum atomic E-state index is 13.7. The fourth-order valence-electron chi connectivity index (χ4n) is 3.49. The molecular formula is C17H17FN2O2. The van der Waals surface area contributed by atoms with E-state index in [1.807, 2.05) is 0 Å². The highest BCUT2D eigenvalue weighted by Crippen LogP contribution is 2.29. The van der Waals surface area contributed by atoms with E-state index in [-0.39, 0.29) is 23.5 Å².